The summed E-state index contributed by atoms with van der Waals surface area (Å²) in [7, 11) is 1.62. The van der Waals surface area contributed by atoms with Gasteiger partial charge in [-0.3, -0.25) is 9.69 Å². The first-order chi connectivity index (χ1) is 16.8. The molecule has 1 heterocycles. The number of carbonyl (C=O) groups is 3. The predicted octanol–water partition coefficient (Wildman–Crippen LogP) is 4.90. The highest BCUT2D eigenvalue weighted by Gasteiger charge is 2.30. The van der Waals surface area contributed by atoms with Crippen molar-refractivity contribution in [3.63, 3.8) is 0 Å². The van der Waals surface area contributed by atoms with Gasteiger partial charge in [0, 0.05) is 7.05 Å². The number of carbonyl (C=O) groups excluding carboxylic acids is 1. The van der Waals surface area contributed by atoms with Gasteiger partial charge in [0.25, 0.3) is 5.91 Å². The maximum absolute atomic E-state index is 12.7. The summed E-state index contributed by atoms with van der Waals surface area (Å²) in [6.07, 6.45) is 1.76. The summed E-state index contributed by atoms with van der Waals surface area (Å²) >= 11 is 1.21. The van der Waals surface area contributed by atoms with Crippen LogP contribution in [0.4, 0.5) is 5.69 Å². The Morgan fingerprint density at radius 3 is 2.31 bits per heavy atom. The van der Waals surface area contributed by atoms with Gasteiger partial charge in [-0.05, 0) is 71.4 Å². The van der Waals surface area contributed by atoms with Gasteiger partial charge >= 0.3 is 11.9 Å². The molecule has 0 radical (unpaired) electrons. The Balaban J connectivity index is 1.42. The lowest BCUT2D eigenvalue weighted by Gasteiger charge is -2.07. The van der Waals surface area contributed by atoms with Gasteiger partial charge in [0.2, 0.25) is 0 Å². The molecule has 1 aliphatic heterocycles. The normalized spacial score (nSPS) is 15.6. The van der Waals surface area contributed by atoms with Crippen molar-refractivity contribution in [1.82, 2.24) is 4.90 Å². The second-order valence-corrected chi connectivity index (χ2v) is 8.59. The number of hydrogen-bond acceptors (Lipinski definition) is 6. The zero-order chi connectivity index (χ0) is 24.9. The maximum atomic E-state index is 12.7. The van der Waals surface area contributed by atoms with E-state index < -0.39 is 11.9 Å². The van der Waals surface area contributed by atoms with Gasteiger partial charge in [0.1, 0.15) is 12.4 Å². The van der Waals surface area contributed by atoms with E-state index in [2.05, 4.69) is 4.99 Å². The Morgan fingerprint density at radius 2 is 1.66 bits per heavy atom. The van der Waals surface area contributed by atoms with Crippen LogP contribution in [0.25, 0.3) is 6.08 Å². The second-order valence-electron chi connectivity index (χ2n) is 7.58. The summed E-state index contributed by atoms with van der Waals surface area (Å²) in [4.78, 5) is 41.1. The molecule has 176 valence electrons. The van der Waals surface area contributed by atoms with Crippen molar-refractivity contribution < 1.29 is 29.3 Å². The van der Waals surface area contributed by atoms with Gasteiger partial charge < -0.3 is 14.9 Å². The third-order valence-electron chi connectivity index (χ3n) is 5.11. The van der Waals surface area contributed by atoms with E-state index in [1.54, 1.807) is 49.5 Å². The zero-order valence-corrected chi connectivity index (χ0v) is 19.4. The topological polar surface area (TPSA) is 117 Å². The minimum atomic E-state index is -1.04. The number of hydrogen-bond donors (Lipinski definition) is 2. The monoisotopic (exact) mass is 488 g/mol. The fourth-order valence-corrected chi connectivity index (χ4v) is 4.18. The number of aromatic carboxylic acids is 2. The molecule has 8 nitrogen and oxygen atoms in total. The number of carboxylic acid groups (broad SMARTS) is 2. The van der Waals surface area contributed by atoms with E-state index in [0.29, 0.717) is 28.1 Å². The predicted molar refractivity (Wildman–Crippen MR) is 133 cm³/mol. The molecular formula is C26H20N2O6S. The average Bonchev–Trinajstić information content (AvgIpc) is 3.11. The lowest BCUT2D eigenvalue weighted by Crippen LogP contribution is -2.23. The molecule has 0 atom stereocenters. The van der Waals surface area contributed by atoms with Crippen LogP contribution in [0.15, 0.2) is 82.7 Å². The molecular weight excluding hydrogens is 468 g/mol. The first kappa shape index (κ1) is 23.8. The van der Waals surface area contributed by atoms with Crippen LogP contribution >= 0.6 is 11.8 Å². The molecule has 0 spiro atoms. The van der Waals surface area contributed by atoms with Crippen molar-refractivity contribution >= 4 is 46.5 Å². The van der Waals surface area contributed by atoms with Gasteiger partial charge in [-0.15, -0.1) is 0 Å². The van der Waals surface area contributed by atoms with Crippen molar-refractivity contribution in [1.29, 1.82) is 0 Å². The highest BCUT2D eigenvalue weighted by molar-refractivity contribution is 8.18. The average molecular weight is 489 g/mol. The standard InChI is InChI=1S/C26H20N2O6S/c1-28-23(29)22(35-26(28)27-20-4-2-3-19(14-20)25(32)33)13-16-7-11-21(12-8-16)34-15-17-5-9-18(10-6-17)24(30)31/h2-14H,15H2,1H3,(H,30,31)(H,32,33)/b22-13-,27-26?. The lowest BCUT2D eigenvalue weighted by atomic mass is 10.1. The van der Waals surface area contributed by atoms with Crippen molar-refractivity contribution in [2.75, 3.05) is 7.05 Å². The Kier molecular flexibility index (Phi) is 6.98. The van der Waals surface area contributed by atoms with E-state index in [4.69, 9.17) is 14.9 Å². The van der Waals surface area contributed by atoms with E-state index in [1.165, 1.54) is 40.9 Å². The van der Waals surface area contributed by atoms with Gasteiger partial charge in [-0.2, -0.15) is 0 Å². The van der Waals surface area contributed by atoms with Crippen LogP contribution in [0.5, 0.6) is 5.75 Å². The smallest absolute Gasteiger partial charge is 0.335 e. The van der Waals surface area contributed by atoms with Crippen LogP contribution in [-0.2, 0) is 11.4 Å². The molecule has 0 aromatic heterocycles. The van der Waals surface area contributed by atoms with E-state index in [9.17, 15) is 14.4 Å². The van der Waals surface area contributed by atoms with Gasteiger partial charge in [0.05, 0.1) is 21.7 Å². The molecule has 0 aliphatic carbocycles. The Bertz CT molecular complexity index is 1350. The zero-order valence-electron chi connectivity index (χ0n) is 18.5. The Hall–Kier alpha value is -4.37. The number of ether oxygens (including phenoxy) is 1. The molecule has 0 saturated carbocycles. The maximum Gasteiger partial charge on any atom is 0.335 e. The largest absolute Gasteiger partial charge is 0.489 e. The minimum Gasteiger partial charge on any atom is -0.489 e. The van der Waals surface area contributed by atoms with Gasteiger partial charge in [-0.1, -0.05) is 30.3 Å². The van der Waals surface area contributed by atoms with E-state index in [0.717, 1.165) is 11.1 Å². The SMILES string of the molecule is CN1C(=O)/C(=C/c2ccc(OCc3ccc(C(=O)O)cc3)cc2)SC1=Nc1cccc(C(=O)O)c1. The molecule has 3 aromatic rings. The lowest BCUT2D eigenvalue weighted by molar-refractivity contribution is -0.121. The van der Waals surface area contributed by atoms with Crippen LogP contribution < -0.4 is 4.74 Å². The quantitative estimate of drug-likeness (QED) is 0.455. The number of thioether (sulfide) groups is 1. The third kappa shape index (κ3) is 5.77. The highest BCUT2D eigenvalue weighted by atomic mass is 32.2. The number of nitrogens with zero attached hydrogens (tertiary/aromatic N) is 2. The molecule has 4 rings (SSSR count). The molecule has 1 aliphatic rings. The van der Waals surface area contributed by atoms with Crippen LogP contribution in [0, 0.1) is 0 Å². The van der Waals surface area contributed by atoms with Crippen LogP contribution in [0.2, 0.25) is 0 Å². The fourth-order valence-electron chi connectivity index (χ4n) is 3.19. The molecule has 1 fully saturated rings. The summed E-state index contributed by atoms with van der Waals surface area (Å²) in [5.74, 6) is -1.58. The molecule has 0 bridgehead atoms. The number of rotatable bonds is 7. The molecule has 35 heavy (non-hydrogen) atoms. The Morgan fingerprint density at radius 1 is 0.971 bits per heavy atom. The van der Waals surface area contributed by atoms with Crippen molar-refractivity contribution in [3.8, 4) is 5.75 Å². The molecule has 2 N–H and O–H groups in total. The van der Waals surface area contributed by atoms with Crippen molar-refractivity contribution in [3.05, 3.63) is 100.0 Å². The molecule has 9 heteroatoms. The first-order valence-electron chi connectivity index (χ1n) is 10.4. The second kappa shape index (κ2) is 10.3. The van der Waals surface area contributed by atoms with Crippen LogP contribution in [-0.4, -0.2) is 45.2 Å². The summed E-state index contributed by atoms with van der Waals surface area (Å²) in [5.41, 5.74) is 2.45. The number of likely N-dealkylation sites (N-methyl/N-ethyl adjacent to an activating group) is 1. The van der Waals surface area contributed by atoms with Crippen LogP contribution in [0.3, 0.4) is 0 Å². The van der Waals surface area contributed by atoms with Crippen molar-refractivity contribution in [2.24, 2.45) is 4.99 Å². The fraction of sp³-hybridized carbons (Fsp3) is 0.0769. The summed E-state index contributed by atoms with van der Waals surface area (Å²) in [6.45, 7) is 0.294. The van der Waals surface area contributed by atoms with Gasteiger partial charge in [-0.25, -0.2) is 14.6 Å². The number of benzene rings is 3. The minimum absolute atomic E-state index is 0.124. The third-order valence-corrected chi connectivity index (χ3v) is 6.17. The number of aliphatic imine (C=N–C) groups is 1. The van der Waals surface area contributed by atoms with Crippen molar-refractivity contribution in [2.45, 2.75) is 6.61 Å². The van der Waals surface area contributed by atoms with Gasteiger partial charge in [0.15, 0.2) is 5.17 Å². The molecule has 3 aromatic carbocycles. The number of amidine groups is 1. The molecule has 1 amide bonds. The molecule has 0 unspecified atom stereocenters. The van der Waals surface area contributed by atoms with Crippen LogP contribution in [0.1, 0.15) is 31.8 Å². The summed E-state index contributed by atoms with van der Waals surface area (Å²) < 4.78 is 5.76. The number of amides is 1. The van der Waals surface area contributed by atoms with E-state index in [1.807, 2.05) is 12.1 Å². The highest BCUT2D eigenvalue weighted by Crippen LogP contribution is 2.33. The Labute approximate surface area is 205 Å². The summed E-state index contributed by atoms with van der Waals surface area (Å²) in [6, 6.07) is 19.9. The number of carboxylic acids is 2. The molecule has 1 saturated heterocycles. The van der Waals surface area contributed by atoms with E-state index >= 15 is 0 Å². The van der Waals surface area contributed by atoms with E-state index in [-0.39, 0.29) is 17.0 Å². The summed E-state index contributed by atoms with van der Waals surface area (Å²) in [5, 5.41) is 18.6. The first-order valence-corrected chi connectivity index (χ1v) is 11.3.